The molecule has 2 amide bonds. The van der Waals surface area contributed by atoms with Crippen LogP contribution < -0.4 is 4.72 Å². The third-order valence-corrected chi connectivity index (χ3v) is 8.39. The summed E-state index contributed by atoms with van der Waals surface area (Å²) in [5.41, 5.74) is 4.90. The molecule has 2 aliphatic rings. The highest BCUT2D eigenvalue weighted by molar-refractivity contribution is 7.89. The Morgan fingerprint density at radius 1 is 1.03 bits per heavy atom. The lowest BCUT2D eigenvalue weighted by Crippen LogP contribution is -2.51. The maximum absolute atomic E-state index is 13.3. The first-order valence-electron chi connectivity index (χ1n) is 12.1. The largest absolute Gasteiger partial charge is 0.328 e. The van der Waals surface area contributed by atoms with E-state index in [9.17, 15) is 13.2 Å². The molecule has 2 atom stereocenters. The number of fused-ring (bicyclic) bond motifs is 5. The minimum Gasteiger partial charge on any atom is -0.328 e. The minimum absolute atomic E-state index is 0.00694. The van der Waals surface area contributed by atoms with E-state index in [1.807, 2.05) is 11.9 Å². The van der Waals surface area contributed by atoms with E-state index in [1.54, 1.807) is 11.8 Å². The SMILES string of the molecule is CCS(=O)(=O)N[C@@H]1CCN2C(=O)N(C)CCCCCc3ccccc3-c3cccc(c3)C[C@H]12. The van der Waals surface area contributed by atoms with Crippen molar-refractivity contribution >= 4 is 16.1 Å². The molecule has 0 saturated carbocycles. The average Bonchev–Trinajstić information content (AvgIpc) is 3.19. The van der Waals surface area contributed by atoms with Gasteiger partial charge in [0.15, 0.2) is 0 Å². The van der Waals surface area contributed by atoms with Crippen molar-refractivity contribution in [3.05, 3.63) is 59.7 Å². The number of carbonyl (C=O) groups excluding carboxylic acids is 1. The van der Waals surface area contributed by atoms with Crippen LogP contribution in [0, 0.1) is 0 Å². The van der Waals surface area contributed by atoms with Gasteiger partial charge >= 0.3 is 6.03 Å². The van der Waals surface area contributed by atoms with Crippen LogP contribution in [0.1, 0.15) is 43.7 Å². The maximum Gasteiger partial charge on any atom is 0.320 e. The fourth-order valence-corrected chi connectivity index (χ4v) is 5.98. The van der Waals surface area contributed by atoms with Gasteiger partial charge in [-0.3, -0.25) is 0 Å². The average molecular weight is 470 g/mol. The van der Waals surface area contributed by atoms with Crippen LogP contribution in [0.2, 0.25) is 0 Å². The van der Waals surface area contributed by atoms with E-state index in [-0.39, 0.29) is 23.9 Å². The summed E-state index contributed by atoms with van der Waals surface area (Å²) < 4.78 is 27.6. The molecule has 2 aromatic carbocycles. The number of urea groups is 1. The lowest BCUT2D eigenvalue weighted by Gasteiger charge is -2.32. The number of aryl methyl sites for hydroxylation is 1. The number of hydrogen-bond acceptors (Lipinski definition) is 3. The molecule has 1 fully saturated rings. The summed E-state index contributed by atoms with van der Waals surface area (Å²) in [7, 11) is -1.50. The molecule has 0 aliphatic carbocycles. The van der Waals surface area contributed by atoms with E-state index in [4.69, 9.17) is 0 Å². The molecule has 2 bridgehead atoms. The van der Waals surface area contributed by atoms with Crippen molar-refractivity contribution in [1.82, 2.24) is 14.5 Å². The van der Waals surface area contributed by atoms with Gasteiger partial charge in [0.1, 0.15) is 0 Å². The molecule has 178 valence electrons. The van der Waals surface area contributed by atoms with E-state index in [1.165, 1.54) is 16.7 Å². The van der Waals surface area contributed by atoms with Gasteiger partial charge in [-0.25, -0.2) is 17.9 Å². The second kappa shape index (κ2) is 10.3. The van der Waals surface area contributed by atoms with Gasteiger partial charge < -0.3 is 9.80 Å². The van der Waals surface area contributed by atoms with E-state index in [2.05, 4.69) is 53.3 Å². The van der Waals surface area contributed by atoms with Crippen LogP contribution in [0.25, 0.3) is 11.1 Å². The van der Waals surface area contributed by atoms with Crippen LogP contribution in [0.3, 0.4) is 0 Å². The van der Waals surface area contributed by atoms with Gasteiger partial charge in [-0.15, -0.1) is 0 Å². The molecule has 0 aromatic heterocycles. The van der Waals surface area contributed by atoms with Crippen molar-refractivity contribution in [2.75, 3.05) is 25.9 Å². The van der Waals surface area contributed by atoms with Crippen molar-refractivity contribution in [2.45, 2.75) is 57.5 Å². The normalized spacial score (nSPS) is 22.3. The third kappa shape index (κ3) is 5.58. The predicted octanol–water partition coefficient (Wildman–Crippen LogP) is 4.06. The number of benzene rings is 2. The predicted molar refractivity (Wildman–Crippen MR) is 133 cm³/mol. The van der Waals surface area contributed by atoms with Crippen molar-refractivity contribution < 1.29 is 13.2 Å². The zero-order valence-corrected chi connectivity index (χ0v) is 20.5. The van der Waals surface area contributed by atoms with Crippen LogP contribution in [-0.4, -0.2) is 62.2 Å². The molecule has 2 heterocycles. The van der Waals surface area contributed by atoms with Gasteiger partial charge in [-0.05, 0) is 61.3 Å². The lowest BCUT2D eigenvalue weighted by molar-refractivity contribution is 0.154. The molecule has 2 aromatic rings. The van der Waals surface area contributed by atoms with Crippen molar-refractivity contribution in [1.29, 1.82) is 0 Å². The van der Waals surface area contributed by atoms with E-state index >= 15 is 0 Å². The number of amides is 2. The number of hydrogen-bond donors (Lipinski definition) is 1. The first-order chi connectivity index (χ1) is 15.9. The fourth-order valence-electron chi connectivity index (χ4n) is 5.08. The Labute approximate surface area is 198 Å². The fraction of sp³-hybridized carbons (Fsp3) is 0.500. The van der Waals surface area contributed by atoms with Gasteiger partial charge in [0.05, 0.1) is 11.8 Å². The first kappa shape index (κ1) is 23.8. The number of sulfonamides is 1. The molecule has 1 saturated heterocycles. The second-order valence-electron chi connectivity index (χ2n) is 9.25. The standard InChI is InChI=1S/C26H35N3O3S/c1-3-33(31,32)27-24-15-17-29-25(24)19-20-10-9-13-22(18-20)23-14-7-6-12-21(23)11-5-4-8-16-28(2)26(29)30/h6-7,9-10,12-14,18,24-25,27H,3-5,8,11,15-17,19H2,1-2H3/t24-,25-/m1/s1. The Balaban J connectivity index is 1.71. The van der Waals surface area contributed by atoms with Gasteiger partial charge in [0.2, 0.25) is 10.0 Å². The first-order valence-corrected chi connectivity index (χ1v) is 13.7. The van der Waals surface area contributed by atoms with Crippen LogP contribution in [-0.2, 0) is 22.9 Å². The van der Waals surface area contributed by atoms with Crippen LogP contribution in [0.5, 0.6) is 0 Å². The van der Waals surface area contributed by atoms with Crippen molar-refractivity contribution in [2.24, 2.45) is 0 Å². The number of nitrogens with one attached hydrogen (secondary N) is 1. The molecule has 33 heavy (non-hydrogen) atoms. The summed E-state index contributed by atoms with van der Waals surface area (Å²) in [6, 6.07) is 16.6. The van der Waals surface area contributed by atoms with Gasteiger partial charge in [0.25, 0.3) is 0 Å². The summed E-state index contributed by atoms with van der Waals surface area (Å²) >= 11 is 0. The lowest BCUT2D eigenvalue weighted by atomic mass is 9.93. The molecular weight excluding hydrogens is 434 g/mol. The molecule has 7 heteroatoms. The summed E-state index contributed by atoms with van der Waals surface area (Å²) in [5, 5.41) is 0. The second-order valence-corrected chi connectivity index (χ2v) is 11.3. The Bertz CT molecular complexity index is 1090. The highest BCUT2D eigenvalue weighted by atomic mass is 32.2. The molecule has 0 unspecified atom stereocenters. The highest BCUT2D eigenvalue weighted by Gasteiger charge is 2.39. The summed E-state index contributed by atoms with van der Waals surface area (Å²) in [4.78, 5) is 17.0. The van der Waals surface area contributed by atoms with E-state index in [0.29, 0.717) is 25.9 Å². The molecular formula is C26H35N3O3S. The molecule has 1 N–H and O–H groups in total. The van der Waals surface area contributed by atoms with E-state index < -0.39 is 10.0 Å². The molecule has 2 aliphatic heterocycles. The van der Waals surface area contributed by atoms with Gasteiger partial charge in [-0.1, -0.05) is 55.0 Å². The van der Waals surface area contributed by atoms with Crippen LogP contribution in [0.15, 0.2) is 48.5 Å². The summed E-state index contributed by atoms with van der Waals surface area (Å²) in [6.45, 7) is 2.92. The molecule has 0 radical (unpaired) electrons. The topological polar surface area (TPSA) is 69.7 Å². The number of nitrogens with zero attached hydrogens (tertiary/aromatic N) is 2. The van der Waals surface area contributed by atoms with E-state index in [0.717, 1.165) is 31.2 Å². The minimum atomic E-state index is -3.36. The maximum atomic E-state index is 13.3. The quantitative estimate of drug-likeness (QED) is 0.737. The van der Waals surface area contributed by atoms with Crippen LogP contribution >= 0.6 is 0 Å². The zero-order valence-electron chi connectivity index (χ0n) is 19.7. The molecule has 6 nitrogen and oxygen atoms in total. The number of carbonyl (C=O) groups is 1. The van der Waals surface area contributed by atoms with Crippen molar-refractivity contribution in [3.63, 3.8) is 0 Å². The molecule has 0 spiro atoms. The van der Waals surface area contributed by atoms with Crippen molar-refractivity contribution in [3.8, 4) is 11.1 Å². The number of rotatable bonds is 3. The Kier molecular flexibility index (Phi) is 7.39. The highest BCUT2D eigenvalue weighted by Crippen LogP contribution is 2.29. The smallest absolute Gasteiger partial charge is 0.320 e. The third-order valence-electron chi connectivity index (χ3n) is 6.97. The Morgan fingerprint density at radius 3 is 2.67 bits per heavy atom. The summed E-state index contributed by atoms with van der Waals surface area (Å²) in [5.74, 6) is 0.0380. The zero-order chi connectivity index (χ0) is 23.4. The van der Waals surface area contributed by atoms with Gasteiger partial charge in [-0.2, -0.15) is 0 Å². The Morgan fingerprint density at radius 2 is 1.85 bits per heavy atom. The van der Waals surface area contributed by atoms with Gasteiger partial charge in [0, 0.05) is 26.2 Å². The Hall–Kier alpha value is -2.38. The van der Waals surface area contributed by atoms with Crippen LogP contribution in [0.4, 0.5) is 4.79 Å². The summed E-state index contributed by atoms with van der Waals surface area (Å²) in [6.07, 6.45) is 5.38. The monoisotopic (exact) mass is 469 g/mol. The molecule has 4 rings (SSSR count).